The fourth-order valence-corrected chi connectivity index (χ4v) is 4.69. The molecule has 1 saturated carbocycles. The standard InChI is InChI=1S/C18H23ClFN3O/c19-12-2-1-3-14(6-12)23-9-11-4-5-16(15(11)10-23)22-18(24)17-7-13(20)8-21-17/h1-3,6,11,13,15-17,21H,4-5,7-10H2,(H,22,24)/t11-,13-,15+,16+,17+/m1/s1. The third-order valence-electron chi connectivity index (χ3n) is 5.75. The molecule has 2 heterocycles. The minimum atomic E-state index is -0.901. The van der Waals surface area contributed by atoms with Gasteiger partial charge >= 0.3 is 0 Å². The SMILES string of the molecule is O=C(N[C@H]1CC[C@@H]2CN(c3cccc(Cl)c3)C[C@@H]21)[C@@H]1C[C@@H](F)CN1. The summed E-state index contributed by atoms with van der Waals surface area (Å²) in [4.78, 5) is 14.7. The van der Waals surface area contributed by atoms with Crippen molar-refractivity contribution in [3.63, 3.8) is 0 Å². The molecule has 1 amide bonds. The minimum Gasteiger partial charge on any atom is -0.371 e. The number of alkyl halides is 1. The average Bonchev–Trinajstić information content (AvgIpc) is 3.24. The molecular weight excluding hydrogens is 329 g/mol. The van der Waals surface area contributed by atoms with Gasteiger partial charge in [0.1, 0.15) is 6.17 Å². The molecule has 4 nitrogen and oxygen atoms in total. The molecule has 1 aromatic rings. The lowest BCUT2D eigenvalue weighted by atomic mass is 9.97. The molecule has 130 valence electrons. The molecule has 24 heavy (non-hydrogen) atoms. The minimum absolute atomic E-state index is 0.0398. The number of nitrogens with zero attached hydrogens (tertiary/aromatic N) is 1. The van der Waals surface area contributed by atoms with E-state index in [0.717, 1.165) is 36.6 Å². The van der Waals surface area contributed by atoms with Crippen LogP contribution in [0.1, 0.15) is 19.3 Å². The maximum atomic E-state index is 13.3. The smallest absolute Gasteiger partial charge is 0.237 e. The highest BCUT2D eigenvalue weighted by Crippen LogP contribution is 2.40. The number of hydrogen-bond donors (Lipinski definition) is 2. The van der Waals surface area contributed by atoms with Crippen LogP contribution in [0.4, 0.5) is 10.1 Å². The molecule has 5 atom stereocenters. The molecule has 3 fully saturated rings. The summed E-state index contributed by atoms with van der Waals surface area (Å²) in [5.74, 6) is 1.04. The molecule has 0 radical (unpaired) electrons. The van der Waals surface area contributed by atoms with Crippen molar-refractivity contribution in [2.45, 2.75) is 37.5 Å². The molecule has 0 bridgehead atoms. The average molecular weight is 352 g/mol. The van der Waals surface area contributed by atoms with Crippen molar-refractivity contribution in [3.05, 3.63) is 29.3 Å². The summed E-state index contributed by atoms with van der Waals surface area (Å²) in [6.07, 6.45) is 1.55. The van der Waals surface area contributed by atoms with Crippen LogP contribution in [0, 0.1) is 11.8 Å². The van der Waals surface area contributed by atoms with Crippen LogP contribution >= 0.6 is 11.6 Å². The third kappa shape index (κ3) is 3.11. The van der Waals surface area contributed by atoms with Crippen molar-refractivity contribution in [1.29, 1.82) is 0 Å². The van der Waals surface area contributed by atoms with E-state index < -0.39 is 6.17 Å². The second kappa shape index (κ2) is 6.52. The molecule has 1 aliphatic carbocycles. The van der Waals surface area contributed by atoms with Gasteiger partial charge in [-0.15, -0.1) is 0 Å². The van der Waals surface area contributed by atoms with Crippen molar-refractivity contribution in [2.24, 2.45) is 11.8 Å². The van der Waals surface area contributed by atoms with Crippen LogP contribution < -0.4 is 15.5 Å². The molecule has 0 aromatic heterocycles. The Morgan fingerprint density at radius 3 is 2.96 bits per heavy atom. The van der Waals surface area contributed by atoms with Crippen LogP contribution in [0.3, 0.4) is 0 Å². The summed E-state index contributed by atoms with van der Waals surface area (Å²) in [5, 5.41) is 6.90. The Labute approximate surface area is 146 Å². The summed E-state index contributed by atoms with van der Waals surface area (Å²) in [7, 11) is 0. The summed E-state index contributed by atoms with van der Waals surface area (Å²) in [6.45, 7) is 2.25. The fraction of sp³-hybridized carbons (Fsp3) is 0.611. The normalized spacial score (nSPS) is 35.2. The van der Waals surface area contributed by atoms with Gasteiger partial charge in [0.25, 0.3) is 0 Å². The molecule has 4 rings (SSSR count). The van der Waals surface area contributed by atoms with Gasteiger partial charge < -0.3 is 15.5 Å². The van der Waals surface area contributed by atoms with E-state index in [1.807, 2.05) is 18.2 Å². The molecule has 2 saturated heterocycles. The first-order chi connectivity index (χ1) is 11.6. The number of carbonyl (C=O) groups is 1. The molecule has 0 spiro atoms. The number of fused-ring (bicyclic) bond motifs is 1. The van der Waals surface area contributed by atoms with Crippen molar-refractivity contribution in [3.8, 4) is 0 Å². The van der Waals surface area contributed by atoms with Crippen LogP contribution in [-0.2, 0) is 4.79 Å². The van der Waals surface area contributed by atoms with Gasteiger partial charge in [-0.25, -0.2) is 4.39 Å². The number of halogens is 2. The first kappa shape index (κ1) is 16.2. The maximum Gasteiger partial charge on any atom is 0.237 e. The van der Waals surface area contributed by atoms with Crippen molar-refractivity contribution >= 4 is 23.2 Å². The van der Waals surface area contributed by atoms with Gasteiger partial charge in [-0.3, -0.25) is 4.79 Å². The van der Waals surface area contributed by atoms with Gasteiger partial charge in [-0.2, -0.15) is 0 Å². The molecule has 6 heteroatoms. The topological polar surface area (TPSA) is 44.4 Å². The van der Waals surface area contributed by atoms with Crippen LogP contribution in [-0.4, -0.2) is 43.8 Å². The first-order valence-corrected chi connectivity index (χ1v) is 9.16. The van der Waals surface area contributed by atoms with Crippen molar-refractivity contribution < 1.29 is 9.18 Å². The first-order valence-electron chi connectivity index (χ1n) is 8.78. The van der Waals surface area contributed by atoms with E-state index in [9.17, 15) is 9.18 Å². The van der Waals surface area contributed by atoms with E-state index in [-0.39, 0.29) is 24.5 Å². The van der Waals surface area contributed by atoms with Crippen molar-refractivity contribution in [2.75, 3.05) is 24.5 Å². The Morgan fingerprint density at radius 1 is 1.33 bits per heavy atom. The lowest BCUT2D eigenvalue weighted by Crippen LogP contribution is -2.47. The van der Waals surface area contributed by atoms with Gasteiger partial charge in [-0.05, 0) is 37.0 Å². The van der Waals surface area contributed by atoms with E-state index in [1.165, 1.54) is 0 Å². The van der Waals surface area contributed by atoms with Crippen LogP contribution in [0.5, 0.6) is 0 Å². The summed E-state index contributed by atoms with van der Waals surface area (Å²) >= 11 is 6.10. The number of rotatable bonds is 3. The summed E-state index contributed by atoms with van der Waals surface area (Å²) < 4.78 is 13.3. The van der Waals surface area contributed by atoms with Gasteiger partial charge in [0.15, 0.2) is 0 Å². The van der Waals surface area contributed by atoms with E-state index in [0.29, 0.717) is 18.3 Å². The maximum absolute atomic E-state index is 13.3. The third-order valence-corrected chi connectivity index (χ3v) is 5.99. The zero-order valence-corrected chi connectivity index (χ0v) is 14.3. The molecule has 3 aliphatic rings. The molecular formula is C18H23ClFN3O. The predicted octanol–water partition coefficient (Wildman–Crippen LogP) is 2.37. The molecule has 0 unspecified atom stereocenters. The highest BCUT2D eigenvalue weighted by Gasteiger charge is 2.44. The Kier molecular flexibility index (Phi) is 4.39. The molecule has 2 N–H and O–H groups in total. The zero-order valence-electron chi connectivity index (χ0n) is 13.6. The highest BCUT2D eigenvalue weighted by molar-refractivity contribution is 6.30. The molecule has 1 aromatic carbocycles. The van der Waals surface area contributed by atoms with E-state index in [1.54, 1.807) is 0 Å². The van der Waals surface area contributed by atoms with E-state index in [4.69, 9.17) is 11.6 Å². The zero-order chi connectivity index (χ0) is 16.7. The van der Waals surface area contributed by atoms with E-state index >= 15 is 0 Å². The summed E-state index contributed by atoms with van der Waals surface area (Å²) in [6, 6.07) is 7.78. The lowest BCUT2D eigenvalue weighted by Gasteiger charge is -2.24. The number of amides is 1. The number of carbonyl (C=O) groups excluding carboxylic acids is 1. The van der Waals surface area contributed by atoms with Gasteiger partial charge in [0.05, 0.1) is 6.04 Å². The Morgan fingerprint density at radius 2 is 2.21 bits per heavy atom. The Bertz CT molecular complexity index is 628. The highest BCUT2D eigenvalue weighted by atomic mass is 35.5. The number of anilines is 1. The number of benzene rings is 1. The Balaban J connectivity index is 1.38. The van der Waals surface area contributed by atoms with Gasteiger partial charge in [-0.1, -0.05) is 17.7 Å². The van der Waals surface area contributed by atoms with Crippen LogP contribution in [0.25, 0.3) is 0 Å². The van der Waals surface area contributed by atoms with E-state index in [2.05, 4.69) is 21.6 Å². The largest absolute Gasteiger partial charge is 0.371 e. The van der Waals surface area contributed by atoms with Gasteiger partial charge in [0.2, 0.25) is 5.91 Å². The number of nitrogens with one attached hydrogen (secondary N) is 2. The lowest BCUT2D eigenvalue weighted by molar-refractivity contribution is -0.123. The molecule has 2 aliphatic heterocycles. The van der Waals surface area contributed by atoms with Crippen LogP contribution in [0.2, 0.25) is 5.02 Å². The fourth-order valence-electron chi connectivity index (χ4n) is 4.50. The second-order valence-electron chi connectivity index (χ2n) is 7.30. The predicted molar refractivity (Wildman–Crippen MR) is 93.1 cm³/mol. The monoisotopic (exact) mass is 351 g/mol. The second-order valence-corrected chi connectivity index (χ2v) is 7.73. The van der Waals surface area contributed by atoms with Gasteiger partial charge in [0, 0.05) is 48.7 Å². The van der Waals surface area contributed by atoms with Crippen LogP contribution in [0.15, 0.2) is 24.3 Å². The van der Waals surface area contributed by atoms with Crippen molar-refractivity contribution in [1.82, 2.24) is 10.6 Å². The quantitative estimate of drug-likeness (QED) is 0.878. The Hall–Kier alpha value is -1.33. The number of hydrogen-bond acceptors (Lipinski definition) is 3. The summed E-state index contributed by atoms with van der Waals surface area (Å²) in [5.41, 5.74) is 1.15.